The molecule has 2 heterocycles. The van der Waals surface area contributed by atoms with Crippen LogP contribution >= 0.6 is 0 Å². The van der Waals surface area contributed by atoms with Crippen molar-refractivity contribution in [2.24, 2.45) is 0 Å². The Kier molecular flexibility index (Phi) is 4.81. The molecule has 0 saturated carbocycles. The molecular weight excluding hydrogens is 292 g/mol. The van der Waals surface area contributed by atoms with E-state index in [9.17, 15) is 0 Å². The second-order valence-corrected chi connectivity index (χ2v) is 5.90. The van der Waals surface area contributed by atoms with Gasteiger partial charge >= 0.3 is 0 Å². The summed E-state index contributed by atoms with van der Waals surface area (Å²) in [5.74, 6) is 2.38. The van der Waals surface area contributed by atoms with Gasteiger partial charge in [0.2, 0.25) is 5.89 Å². The van der Waals surface area contributed by atoms with Crippen LogP contribution in [0.2, 0.25) is 0 Å². The van der Waals surface area contributed by atoms with Gasteiger partial charge in [0.1, 0.15) is 11.9 Å². The molecule has 1 aliphatic heterocycles. The highest BCUT2D eigenvalue weighted by molar-refractivity contribution is 5.60. The number of likely N-dealkylation sites (N-methyl/N-ethyl adjacent to an activating group) is 2. The van der Waals surface area contributed by atoms with Crippen LogP contribution in [0.3, 0.4) is 0 Å². The first-order valence-electron chi connectivity index (χ1n) is 8.20. The number of benzene rings is 1. The van der Waals surface area contributed by atoms with Gasteiger partial charge in [-0.2, -0.15) is 4.98 Å². The minimum absolute atomic E-state index is 0.128. The molecule has 1 aromatic carbocycles. The molecule has 1 atom stereocenters. The maximum atomic E-state index is 6.15. The van der Waals surface area contributed by atoms with Crippen LogP contribution in [0.25, 0.3) is 0 Å². The van der Waals surface area contributed by atoms with Gasteiger partial charge in [-0.3, -0.25) is 4.90 Å². The van der Waals surface area contributed by atoms with E-state index >= 15 is 0 Å². The Hall–Kier alpha value is -2.08. The molecule has 1 aliphatic rings. The van der Waals surface area contributed by atoms with Crippen molar-refractivity contribution in [3.8, 4) is 5.75 Å². The van der Waals surface area contributed by atoms with Crippen molar-refractivity contribution in [2.75, 3.05) is 31.6 Å². The summed E-state index contributed by atoms with van der Waals surface area (Å²) in [5.41, 5.74) is 1.18. The monoisotopic (exact) mass is 316 g/mol. The molecule has 0 unspecified atom stereocenters. The van der Waals surface area contributed by atoms with Crippen molar-refractivity contribution in [3.05, 3.63) is 36.0 Å². The van der Waals surface area contributed by atoms with Gasteiger partial charge in [-0.15, -0.1) is 0 Å². The number of rotatable bonds is 6. The minimum atomic E-state index is 0.128. The average molecular weight is 316 g/mol. The van der Waals surface area contributed by atoms with Crippen LogP contribution in [-0.4, -0.2) is 47.8 Å². The van der Waals surface area contributed by atoms with E-state index < -0.39 is 0 Å². The van der Waals surface area contributed by atoms with Gasteiger partial charge in [-0.1, -0.05) is 24.2 Å². The zero-order valence-electron chi connectivity index (χ0n) is 14.0. The first-order valence-corrected chi connectivity index (χ1v) is 8.20. The molecule has 23 heavy (non-hydrogen) atoms. The van der Waals surface area contributed by atoms with Gasteiger partial charge in [0.05, 0.1) is 18.8 Å². The Balaban J connectivity index is 1.62. The summed E-state index contributed by atoms with van der Waals surface area (Å²) in [6.45, 7) is 7.51. The number of nitrogens with zero attached hydrogens (tertiary/aromatic N) is 4. The molecule has 0 aliphatic carbocycles. The second-order valence-electron chi connectivity index (χ2n) is 5.90. The third-order valence-corrected chi connectivity index (χ3v) is 4.05. The molecule has 0 radical (unpaired) electrons. The van der Waals surface area contributed by atoms with Gasteiger partial charge in [0.15, 0.2) is 5.82 Å². The normalized spacial score (nSPS) is 17.2. The van der Waals surface area contributed by atoms with Crippen LogP contribution in [0, 0.1) is 0 Å². The fourth-order valence-corrected chi connectivity index (χ4v) is 2.91. The first-order chi connectivity index (χ1) is 11.2. The Morgan fingerprint density at radius 1 is 1.30 bits per heavy atom. The SMILES string of the molecule is CCc1noc(CN(C)C[C@H]2CN(CC)c3ccccc3O2)n1. The molecule has 6 heteroatoms. The van der Waals surface area contributed by atoms with Crippen LogP contribution in [0.15, 0.2) is 28.8 Å². The summed E-state index contributed by atoms with van der Waals surface area (Å²) in [6.07, 6.45) is 0.921. The van der Waals surface area contributed by atoms with Gasteiger partial charge in [-0.25, -0.2) is 0 Å². The fraction of sp³-hybridized carbons (Fsp3) is 0.529. The largest absolute Gasteiger partial charge is 0.485 e. The number of aromatic nitrogens is 2. The maximum absolute atomic E-state index is 6.15. The Morgan fingerprint density at radius 2 is 2.13 bits per heavy atom. The van der Waals surface area contributed by atoms with Gasteiger partial charge in [0.25, 0.3) is 0 Å². The van der Waals surface area contributed by atoms with Crippen LogP contribution in [0.5, 0.6) is 5.75 Å². The summed E-state index contributed by atoms with van der Waals surface area (Å²) >= 11 is 0. The number of anilines is 1. The highest BCUT2D eigenvalue weighted by atomic mass is 16.5. The zero-order chi connectivity index (χ0) is 16.2. The molecule has 3 rings (SSSR count). The predicted molar refractivity (Wildman–Crippen MR) is 88.8 cm³/mol. The van der Waals surface area contributed by atoms with Crippen LogP contribution < -0.4 is 9.64 Å². The van der Waals surface area contributed by atoms with E-state index in [1.807, 2.05) is 19.1 Å². The highest BCUT2D eigenvalue weighted by Crippen LogP contribution is 2.32. The zero-order valence-corrected chi connectivity index (χ0v) is 14.0. The average Bonchev–Trinajstić information content (AvgIpc) is 3.01. The number of ether oxygens (including phenoxy) is 1. The molecule has 0 fully saturated rings. The van der Waals surface area contributed by atoms with E-state index in [2.05, 4.69) is 46.0 Å². The number of hydrogen-bond donors (Lipinski definition) is 0. The summed E-state index contributed by atoms with van der Waals surface area (Å²) < 4.78 is 11.4. The van der Waals surface area contributed by atoms with Gasteiger partial charge in [0, 0.05) is 19.5 Å². The summed E-state index contributed by atoms with van der Waals surface area (Å²) in [5, 5.41) is 3.94. The topological polar surface area (TPSA) is 54.6 Å². The van der Waals surface area contributed by atoms with E-state index in [-0.39, 0.29) is 6.10 Å². The van der Waals surface area contributed by atoms with Gasteiger partial charge < -0.3 is 14.2 Å². The fourth-order valence-electron chi connectivity index (χ4n) is 2.91. The summed E-state index contributed by atoms with van der Waals surface area (Å²) in [6, 6.07) is 8.22. The summed E-state index contributed by atoms with van der Waals surface area (Å²) in [7, 11) is 2.05. The number of aryl methyl sites for hydroxylation is 1. The van der Waals surface area contributed by atoms with E-state index in [0.29, 0.717) is 12.4 Å². The second kappa shape index (κ2) is 7.00. The van der Waals surface area contributed by atoms with Crippen LogP contribution in [0.4, 0.5) is 5.69 Å². The van der Waals surface area contributed by atoms with Crippen LogP contribution in [-0.2, 0) is 13.0 Å². The molecule has 0 spiro atoms. The molecule has 0 amide bonds. The van der Waals surface area contributed by atoms with Crippen molar-refractivity contribution in [1.29, 1.82) is 0 Å². The molecule has 2 aromatic rings. The third-order valence-electron chi connectivity index (χ3n) is 4.05. The standard InChI is InChI=1S/C17H24N4O2/c1-4-16-18-17(23-19-16)12-20(3)10-13-11-21(5-2)14-8-6-7-9-15(14)22-13/h6-9,13H,4-5,10-12H2,1-3H3/t13-/m0/s1. The Morgan fingerprint density at radius 3 is 2.87 bits per heavy atom. The van der Waals surface area contributed by atoms with Crippen molar-refractivity contribution in [2.45, 2.75) is 32.9 Å². The molecular formula is C17H24N4O2. The molecule has 0 bridgehead atoms. The lowest BCUT2D eigenvalue weighted by Crippen LogP contribution is -2.45. The van der Waals surface area contributed by atoms with E-state index in [1.165, 1.54) is 5.69 Å². The molecule has 1 aromatic heterocycles. The van der Waals surface area contributed by atoms with Crippen LogP contribution in [0.1, 0.15) is 25.6 Å². The van der Waals surface area contributed by atoms with Crippen molar-refractivity contribution in [1.82, 2.24) is 15.0 Å². The lowest BCUT2D eigenvalue weighted by molar-refractivity contribution is 0.133. The van der Waals surface area contributed by atoms with Crippen molar-refractivity contribution in [3.63, 3.8) is 0 Å². The molecule has 124 valence electrons. The quantitative estimate of drug-likeness (QED) is 0.815. The predicted octanol–water partition coefficient (Wildman–Crippen LogP) is 2.35. The molecule has 6 nitrogen and oxygen atoms in total. The van der Waals surface area contributed by atoms with Crippen molar-refractivity contribution < 1.29 is 9.26 Å². The lowest BCUT2D eigenvalue weighted by atomic mass is 10.2. The summed E-state index contributed by atoms with van der Waals surface area (Å²) in [4.78, 5) is 8.88. The lowest BCUT2D eigenvalue weighted by Gasteiger charge is -2.37. The minimum Gasteiger partial charge on any atom is -0.485 e. The van der Waals surface area contributed by atoms with E-state index in [4.69, 9.17) is 9.26 Å². The Labute approximate surface area is 137 Å². The number of para-hydroxylation sites is 2. The number of hydrogen-bond acceptors (Lipinski definition) is 6. The van der Waals surface area contributed by atoms with E-state index in [1.54, 1.807) is 0 Å². The maximum Gasteiger partial charge on any atom is 0.240 e. The number of fused-ring (bicyclic) bond motifs is 1. The third kappa shape index (κ3) is 3.64. The molecule has 0 N–H and O–H groups in total. The smallest absolute Gasteiger partial charge is 0.240 e. The highest BCUT2D eigenvalue weighted by Gasteiger charge is 2.25. The molecule has 0 saturated heterocycles. The van der Waals surface area contributed by atoms with Gasteiger partial charge in [-0.05, 0) is 26.1 Å². The van der Waals surface area contributed by atoms with E-state index in [0.717, 1.165) is 37.6 Å². The first kappa shape index (κ1) is 15.8. The van der Waals surface area contributed by atoms with Crippen molar-refractivity contribution >= 4 is 5.69 Å². The Bertz CT molecular complexity index is 643.